The third-order valence-electron chi connectivity index (χ3n) is 3.48. The van der Waals surface area contributed by atoms with Crippen molar-refractivity contribution in [3.8, 4) is 0 Å². The minimum atomic E-state index is -3.86. The second-order valence-electron chi connectivity index (χ2n) is 5.77. The van der Waals surface area contributed by atoms with Crippen molar-refractivity contribution in [1.82, 2.24) is 4.72 Å². The third-order valence-corrected chi connectivity index (χ3v) is 4.88. The predicted molar refractivity (Wildman–Crippen MR) is 87.3 cm³/mol. The molecule has 144 valence electrons. The lowest BCUT2D eigenvalue weighted by Crippen LogP contribution is -2.25. The van der Waals surface area contributed by atoms with E-state index in [1.807, 2.05) is 0 Å². The van der Waals surface area contributed by atoms with Gasteiger partial charge < -0.3 is 14.5 Å². The number of halogens is 2. The van der Waals surface area contributed by atoms with E-state index in [1.54, 1.807) is 0 Å². The molecule has 1 aromatic carbocycles. The Labute approximate surface area is 152 Å². The molecule has 2 N–H and O–H groups in total. The summed E-state index contributed by atoms with van der Waals surface area (Å²) in [6, 6.07) is 4.81. The number of esters is 1. The van der Waals surface area contributed by atoms with Crippen LogP contribution >= 0.6 is 0 Å². The molecule has 0 aliphatic heterocycles. The van der Waals surface area contributed by atoms with Crippen LogP contribution in [0.5, 0.6) is 0 Å². The minimum absolute atomic E-state index is 0.0209. The third kappa shape index (κ3) is 4.89. The van der Waals surface area contributed by atoms with Gasteiger partial charge in [-0.1, -0.05) is 0 Å². The molecule has 0 bridgehead atoms. The first-order valence-corrected chi connectivity index (χ1v) is 9.27. The SMILES string of the molecule is O=C(COC(=O)c1ccc(S(=O)(=O)NC2CC2)o1)Nc1ccc(F)c(F)c1. The fourth-order valence-electron chi connectivity index (χ4n) is 2.03. The maximum atomic E-state index is 13.1. The summed E-state index contributed by atoms with van der Waals surface area (Å²) in [6.07, 6.45) is 1.48. The van der Waals surface area contributed by atoms with Crippen molar-refractivity contribution < 1.29 is 35.9 Å². The number of furan rings is 1. The van der Waals surface area contributed by atoms with Crippen molar-refractivity contribution in [1.29, 1.82) is 0 Å². The molecule has 1 aliphatic rings. The molecule has 0 radical (unpaired) electrons. The fraction of sp³-hybridized carbons (Fsp3) is 0.250. The topological polar surface area (TPSA) is 115 Å². The van der Waals surface area contributed by atoms with Crippen molar-refractivity contribution in [2.75, 3.05) is 11.9 Å². The average molecular weight is 400 g/mol. The van der Waals surface area contributed by atoms with Gasteiger partial charge in [-0.3, -0.25) is 4.79 Å². The van der Waals surface area contributed by atoms with Crippen LogP contribution < -0.4 is 10.0 Å². The van der Waals surface area contributed by atoms with Gasteiger partial charge in [-0.25, -0.2) is 26.7 Å². The standard InChI is InChI=1S/C16H14F2N2O6S/c17-11-4-3-10(7-12(11)18)19-14(21)8-25-16(22)13-5-6-15(26-13)27(23,24)20-9-1-2-9/h3-7,9,20H,1-2,8H2,(H,19,21). The van der Waals surface area contributed by atoms with Gasteiger partial charge in [0.1, 0.15) is 0 Å². The molecule has 0 unspecified atom stereocenters. The van der Waals surface area contributed by atoms with Crippen LogP contribution in [0.25, 0.3) is 0 Å². The molecule has 0 atom stereocenters. The summed E-state index contributed by atoms with van der Waals surface area (Å²) in [4.78, 5) is 23.6. The van der Waals surface area contributed by atoms with Crippen LogP contribution in [-0.2, 0) is 19.6 Å². The zero-order chi connectivity index (χ0) is 19.6. The highest BCUT2D eigenvalue weighted by Gasteiger charge is 2.30. The van der Waals surface area contributed by atoms with E-state index >= 15 is 0 Å². The molecule has 27 heavy (non-hydrogen) atoms. The van der Waals surface area contributed by atoms with Crippen LogP contribution in [0, 0.1) is 11.6 Å². The zero-order valence-corrected chi connectivity index (χ0v) is 14.5. The summed E-state index contributed by atoms with van der Waals surface area (Å²) in [6.45, 7) is -0.735. The Balaban J connectivity index is 1.54. The van der Waals surface area contributed by atoms with Gasteiger partial charge in [0.25, 0.3) is 15.9 Å². The highest BCUT2D eigenvalue weighted by molar-refractivity contribution is 7.89. The van der Waals surface area contributed by atoms with E-state index in [1.165, 1.54) is 0 Å². The van der Waals surface area contributed by atoms with Crippen molar-refractivity contribution in [3.63, 3.8) is 0 Å². The zero-order valence-electron chi connectivity index (χ0n) is 13.7. The molecule has 0 saturated heterocycles. The van der Waals surface area contributed by atoms with E-state index in [2.05, 4.69) is 10.0 Å². The molecule has 2 aromatic rings. The smallest absolute Gasteiger partial charge is 0.374 e. The van der Waals surface area contributed by atoms with E-state index in [9.17, 15) is 26.8 Å². The lowest BCUT2D eigenvalue weighted by atomic mass is 10.3. The summed E-state index contributed by atoms with van der Waals surface area (Å²) in [5, 5.41) is 1.78. The molecular weight excluding hydrogens is 386 g/mol. The normalized spacial score (nSPS) is 14.0. The Morgan fingerprint density at radius 1 is 1.15 bits per heavy atom. The number of hydrogen-bond donors (Lipinski definition) is 2. The summed E-state index contributed by atoms with van der Waals surface area (Å²) >= 11 is 0. The quantitative estimate of drug-likeness (QED) is 0.685. The van der Waals surface area contributed by atoms with E-state index in [4.69, 9.17) is 9.15 Å². The fourth-order valence-corrected chi connectivity index (χ4v) is 3.26. The lowest BCUT2D eigenvalue weighted by molar-refractivity contribution is -0.119. The maximum absolute atomic E-state index is 13.1. The van der Waals surface area contributed by atoms with E-state index < -0.39 is 51.0 Å². The Morgan fingerprint density at radius 2 is 1.89 bits per heavy atom. The van der Waals surface area contributed by atoms with Crippen LogP contribution in [0.3, 0.4) is 0 Å². The number of anilines is 1. The molecular formula is C16H14F2N2O6S. The van der Waals surface area contributed by atoms with Crippen LogP contribution in [0.15, 0.2) is 39.8 Å². The number of ether oxygens (including phenoxy) is 1. The molecule has 1 saturated carbocycles. The van der Waals surface area contributed by atoms with Gasteiger partial charge in [0.15, 0.2) is 18.2 Å². The Bertz CT molecular complexity index is 985. The molecule has 11 heteroatoms. The Hall–Kier alpha value is -2.79. The molecule has 1 aliphatic carbocycles. The van der Waals surface area contributed by atoms with Crippen molar-refractivity contribution in [2.24, 2.45) is 0 Å². The first-order chi connectivity index (χ1) is 12.7. The van der Waals surface area contributed by atoms with Crippen molar-refractivity contribution in [2.45, 2.75) is 24.0 Å². The largest absolute Gasteiger partial charge is 0.450 e. The minimum Gasteiger partial charge on any atom is -0.450 e. The average Bonchev–Trinajstić information content (AvgIpc) is 3.25. The van der Waals surface area contributed by atoms with Gasteiger partial charge in [-0.15, -0.1) is 0 Å². The molecule has 1 heterocycles. The Kier molecular flexibility index (Phi) is 5.24. The van der Waals surface area contributed by atoms with Gasteiger partial charge in [0, 0.05) is 17.8 Å². The summed E-state index contributed by atoms with van der Waals surface area (Å²) < 4.78 is 61.9. The number of hydrogen-bond acceptors (Lipinski definition) is 6. The van der Waals surface area contributed by atoms with E-state index in [-0.39, 0.29) is 11.7 Å². The summed E-state index contributed by atoms with van der Waals surface area (Å²) in [5.41, 5.74) is -0.0209. The second kappa shape index (κ2) is 7.45. The predicted octanol–water partition coefficient (Wildman–Crippen LogP) is 1.79. The molecule has 1 amide bonds. The Morgan fingerprint density at radius 3 is 2.56 bits per heavy atom. The van der Waals surface area contributed by atoms with Gasteiger partial charge in [0.2, 0.25) is 10.9 Å². The van der Waals surface area contributed by atoms with Crippen LogP contribution in [0.4, 0.5) is 14.5 Å². The van der Waals surface area contributed by atoms with Crippen LogP contribution in [0.1, 0.15) is 23.4 Å². The van der Waals surface area contributed by atoms with Gasteiger partial charge in [-0.05, 0) is 37.1 Å². The number of amides is 1. The molecule has 0 spiro atoms. The summed E-state index contributed by atoms with van der Waals surface area (Å²) in [7, 11) is -3.86. The monoisotopic (exact) mass is 400 g/mol. The molecule has 3 rings (SSSR count). The van der Waals surface area contributed by atoms with E-state index in [0.29, 0.717) is 0 Å². The molecule has 1 fully saturated rings. The van der Waals surface area contributed by atoms with E-state index in [0.717, 1.165) is 43.2 Å². The number of carbonyl (C=O) groups excluding carboxylic acids is 2. The van der Waals surface area contributed by atoms with Crippen LogP contribution in [-0.4, -0.2) is 32.9 Å². The number of benzene rings is 1. The number of sulfonamides is 1. The second-order valence-corrected chi connectivity index (χ2v) is 7.41. The maximum Gasteiger partial charge on any atom is 0.374 e. The van der Waals surface area contributed by atoms with Gasteiger partial charge in [-0.2, -0.15) is 0 Å². The number of nitrogens with one attached hydrogen (secondary N) is 2. The summed E-state index contributed by atoms with van der Waals surface area (Å²) in [5.74, 6) is -4.47. The number of rotatable bonds is 7. The lowest BCUT2D eigenvalue weighted by Gasteiger charge is -2.06. The van der Waals surface area contributed by atoms with Crippen LogP contribution in [0.2, 0.25) is 0 Å². The van der Waals surface area contributed by atoms with Gasteiger partial charge in [0.05, 0.1) is 0 Å². The molecule has 1 aromatic heterocycles. The van der Waals surface area contributed by atoms with Crippen molar-refractivity contribution in [3.05, 3.63) is 47.7 Å². The first kappa shape index (κ1) is 19.0. The van der Waals surface area contributed by atoms with Gasteiger partial charge >= 0.3 is 5.97 Å². The van der Waals surface area contributed by atoms with Crippen molar-refractivity contribution >= 4 is 27.6 Å². The first-order valence-electron chi connectivity index (χ1n) is 7.79. The highest BCUT2D eigenvalue weighted by Crippen LogP contribution is 2.23. The number of carbonyl (C=O) groups is 2. The highest BCUT2D eigenvalue weighted by atomic mass is 32.2. The molecule has 8 nitrogen and oxygen atoms in total.